The highest BCUT2D eigenvalue weighted by Crippen LogP contribution is 2.30. The maximum atomic E-state index is 12.5. The predicted octanol–water partition coefficient (Wildman–Crippen LogP) is 1.37. The molecule has 1 aromatic heterocycles. The Morgan fingerprint density at radius 2 is 2.12 bits per heavy atom. The van der Waals surface area contributed by atoms with Gasteiger partial charge in [-0.25, -0.2) is 0 Å². The summed E-state index contributed by atoms with van der Waals surface area (Å²) in [6.07, 6.45) is -3.52. The van der Waals surface area contributed by atoms with Crippen molar-refractivity contribution >= 4 is 5.78 Å². The first-order valence-corrected chi connectivity index (χ1v) is 4.64. The summed E-state index contributed by atoms with van der Waals surface area (Å²) in [5.74, 6) is -1.18. The first kappa shape index (κ1) is 12.7. The quantitative estimate of drug-likeness (QED) is 0.805. The van der Waals surface area contributed by atoms with Gasteiger partial charge in [0.05, 0.1) is 0 Å². The SMILES string of the molecule is CCn1nccc1C(=O)C(C)(N)C(F)(F)F. The van der Waals surface area contributed by atoms with E-state index in [1.165, 1.54) is 16.9 Å². The molecule has 1 rings (SSSR count). The Balaban J connectivity index is 3.12. The molecule has 0 aliphatic rings. The lowest BCUT2D eigenvalue weighted by molar-refractivity contribution is -0.166. The first-order valence-electron chi connectivity index (χ1n) is 4.64. The third-order valence-electron chi connectivity index (χ3n) is 2.31. The minimum Gasteiger partial charge on any atom is -0.311 e. The number of hydrogen-bond acceptors (Lipinski definition) is 3. The average molecular weight is 235 g/mol. The molecule has 1 atom stereocenters. The number of Topliss-reactive ketones (excluding diaryl/α,β-unsaturated/α-hetero) is 1. The molecule has 0 aliphatic heterocycles. The highest BCUT2D eigenvalue weighted by atomic mass is 19.4. The fourth-order valence-corrected chi connectivity index (χ4v) is 1.17. The summed E-state index contributed by atoms with van der Waals surface area (Å²) in [4.78, 5) is 11.6. The Kier molecular flexibility index (Phi) is 3.09. The van der Waals surface area contributed by atoms with Crippen LogP contribution in [0.15, 0.2) is 12.3 Å². The lowest BCUT2D eigenvalue weighted by Gasteiger charge is -2.25. The van der Waals surface area contributed by atoms with Gasteiger partial charge in [0.1, 0.15) is 5.69 Å². The Morgan fingerprint density at radius 3 is 2.56 bits per heavy atom. The number of nitrogens with two attached hydrogens (primary N) is 1. The molecule has 0 saturated carbocycles. The van der Waals surface area contributed by atoms with Crippen LogP contribution in [0.2, 0.25) is 0 Å². The van der Waals surface area contributed by atoms with Crippen LogP contribution in [0.5, 0.6) is 0 Å². The molecule has 1 heterocycles. The van der Waals surface area contributed by atoms with Gasteiger partial charge in [-0.3, -0.25) is 9.48 Å². The summed E-state index contributed by atoms with van der Waals surface area (Å²) in [5.41, 5.74) is 2.01. The zero-order valence-corrected chi connectivity index (χ0v) is 8.88. The van der Waals surface area contributed by atoms with Gasteiger partial charge < -0.3 is 5.73 Å². The van der Waals surface area contributed by atoms with E-state index >= 15 is 0 Å². The second-order valence-corrected chi connectivity index (χ2v) is 3.56. The van der Waals surface area contributed by atoms with Crippen molar-refractivity contribution in [3.05, 3.63) is 18.0 Å². The molecule has 0 saturated heterocycles. The van der Waals surface area contributed by atoms with Gasteiger partial charge in [-0.15, -0.1) is 0 Å². The average Bonchev–Trinajstić information content (AvgIpc) is 2.62. The van der Waals surface area contributed by atoms with E-state index in [1.807, 2.05) is 0 Å². The van der Waals surface area contributed by atoms with E-state index < -0.39 is 17.5 Å². The number of nitrogens with zero attached hydrogens (tertiary/aromatic N) is 2. The third kappa shape index (κ3) is 1.95. The lowest BCUT2D eigenvalue weighted by Crippen LogP contribution is -2.57. The van der Waals surface area contributed by atoms with Crippen LogP contribution in [0, 0.1) is 0 Å². The normalized spacial score (nSPS) is 15.9. The fraction of sp³-hybridized carbons (Fsp3) is 0.556. The zero-order valence-electron chi connectivity index (χ0n) is 8.88. The monoisotopic (exact) mass is 235 g/mol. The van der Waals surface area contributed by atoms with Crippen molar-refractivity contribution in [2.75, 3.05) is 0 Å². The number of aryl methyl sites for hydroxylation is 1. The standard InChI is InChI=1S/C9H12F3N3O/c1-3-15-6(4-5-14-15)7(16)8(2,13)9(10,11)12/h4-5H,3,13H2,1-2H3. The van der Waals surface area contributed by atoms with Crippen LogP contribution in [0.4, 0.5) is 13.2 Å². The van der Waals surface area contributed by atoms with Gasteiger partial charge >= 0.3 is 6.18 Å². The van der Waals surface area contributed by atoms with Crippen LogP contribution < -0.4 is 5.73 Å². The van der Waals surface area contributed by atoms with Crippen molar-refractivity contribution in [2.45, 2.75) is 32.1 Å². The predicted molar refractivity (Wildman–Crippen MR) is 50.9 cm³/mol. The summed E-state index contributed by atoms with van der Waals surface area (Å²) >= 11 is 0. The summed E-state index contributed by atoms with van der Waals surface area (Å²) in [5, 5.41) is 3.72. The van der Waals surface area contributed by atoms with Gasteiger partial charge in [0.25, 0.3) is 0 Å². The minimum atomic E-state index is -4.78. The second kappa shape index (κ2) is 3.89. The number of alkyl halides is 3. The van der Waals surface area contributed by atoms with Gasteiger partial charge in [-0.1, -0.05) is 0 Å². The second-order valence-electron chi connectivity index (χ2n) is 3.56. The summed E-state index contributed by atoms with van der Waals surface area (Å²) in [7, 11) is 0. The molecule has 90 valence electrons. The molecular weight excluding hydrogens is 223 g/mol. The Morgan fingerprint density at radius 1 is 1.56 bits per heavy atom. The fourth-order valence-electron chi connectivity index (χ4n) is 1.17. The number of carbonyl (C=O) groups is 1. The van der Waals surface area contributed by atoms with Gasteiger partial charge in [0.15, 0.2) is 5.54 Å². The molecule has 0 aliphatic carbocycles. The maximum Gasteiger partial charge on any atom is 0.413 e. The number of halogens is 3. The van der Waals surface area contributed by atoms with E-state index in [4.69, 9.17) is 5.73 Å². The van der Waals surface area contributed by atoms with Gasteiger partial charge in [0.2, 0.25) is 5.78 Å². The molecule has 0 bridgehead atoms. The van der Waals surface area contributed by atoms with E-state index in [-0.39, 0.29) is 5.69 Å². The van der Waals surface area contributed by atoms with Crippen molar-refractivity contribution < 1.29 is 18.0 Å². The third-order valence-corrected chi connectivity index (χ3v) is 2.31. The zero-order chi connectivity index (χ0) is 12.6. The van der Waals surface area contributed by atoms with Gasteiger partial charge in [0, 0.05) is 12.7 Å². The topological polar surface area (TPSA) is 60.9 Å². The summed E-state index contributed by atoms with van der Waals surface area (Å²) in [6, 6.07) is 1.22. The molecule has 1 unspecified atom stereocenters. The molecular formula is C9H12F3N3O. The number of rotatable bonds is 3. The Bertz CT molecular complexity index is 395. The Labute approximate surface area is 90.2 Å². The molecule has 7 heteroatoms. The highest BCUT2D eigenvalue weighted by Gasteiger charge is 2.54. The smallest absolute Gasteiger partial charge is 0.311 e. The maximum absolute atomic E-state index is 12.5. The molecule has 0 fully saturated rings. The van der Waals surface area contributed by atoms with E-state index in [0.717, 1.165) is 0 Å². The summed E-state index contributed by atoms with van der Waals surface area (Å²) < 4.78 is 38.8. The molecule has 2 N–H and O–H groups in total. The van der Waals surface area contributed by atoms with Crippen molar-refractivity contribution in [1.82, 2.24) is 9.78 Å². The largest absolute Gasteiger partial charge is 0.413 e. The number of hydrogen-bond donors (Lipinski definition) is 1. The molecule has 0 spiro atoms. The van der Waals surface area contributed by atoms with Crippen LogP contribution in [0.3, 0.4) is 0 Å². The van der Waals surface area contributed by atoms with Crippen LogP contribution in [0.25, 0.3) is 0 Å². The van der Waals surface area contributed by atoms with E-state index in [0.29, 0.717) is 13.5 Å². The van der Waals surface area contributed by atoms with Crippen molar-refractivity contribution in [3.63, 3.8) is 0 Å². The Hall–Kier alpha value is -1.37. The van der Waals surface area contributed by atoms with Gasteiger partial charge in [-0.2, -0.15) is 18.3 Å². The molecule has 0 amide bonds. The van der Waals surface area contributed by atoms with Gasteiger partial charge in [-0.05, 0) is 19.9 Å². The molecule has 16 heavy (non-hydrogen) atoms. The van der Waals surface area contributed by atoms with Crippen LogP contribution in [-0.4, -0.2) is 27.3 Å². The lowest BCUT2D eigenvalue weighted by atomic mass is 9.95. The van der Waals surface area contributed by atoms with Crippen LogP contribution in [0.1, 0.15) is 24.3 Å². The number of ketones is 1. The number of aromatic nitrogens is 2. The summed E-state index contributed by atoms with van der Waals surface area (Å²) in [6.45, 7) is 2.63. The molecule has 1 aromatic rings. The van der Waals surface area contributed by atoms with E-state index in [1.54, 1.807) is 6.92 Å². The van der Waals surface area contributed by atoms with Crippen molar-refractivity contribution in [1.29, 1.82) is 0 Å². The van der Waals surface area contributed by atoms with Crippen LogP contribution >= 0.6 is 0 Å². The van der Waals surface area contributed by atoms with E-state index in [9.17, 15) is 18.0 Å². The minimum absolute atomic E-state index is 0.134. The van der Waals surface area contributed by atoms with E-state index in [2.05, 4.69) is 5.10 Å². The highest BCUT2D eigenvalue weighted by molar-refractivity contribution is 6.02. The molecule has 4 nitrogen and oxygen atoms in total. The molecule has 0 radical (unpaired) electrons. The van der Waals surface area contributed by atoms with Crippen molar-refractivity contribution in [2.24, 2.45) is 5.73 Å². The van der Waals surface area contributed by atoms with Crippen LogP contribution in [-0.2, 0) is 6.54 Å². The number of carbonyl (C=O) groups excluding carboxylic acids is 1. The van der Waals surface area contributed by atoms with Crippen molar-refractivity contribution in [3.8, 4) is 0 Å². The first-order chi connectivity index (χ1) is 7.21. The molecule has 0 aromatic carbocycles.